The molecular formula is C17H20N2S. The zero-order valence-corrected chi connectivity index (χ0v) is 12.4. The summed E-state index contributed by atoms with van der Waals surface area (Å²) in [5.41, 5.74) is 2.75. The van der Waals surface area contributed by atoms with Crippen LogP contribution in [0.25, 0.3) is 0 Å². The van der Waals surface area contributed by atoms with E-state index >= 15 is 0 Å². The minimum atomic E-state index is 1.08. The van der Waals surface area contributed by atoms with Crippen LogP contribution in [0.3, 0.4) is 0 Å². The maximum atomic E-state index is 2.49. The van der Waals surface area contributed by atoms with E-state index in [1.54, 1.807) is 0 Å². The van der Waals surface area contributed by atoms with Gasteiger partial charge in [0.25, 0.3) is 0 Å². The van der Waals surface area contributed by atoms with E-state index in [-0.39, 0.29) is 0 Å². The van der Waals surface area contributed by atoms with E-state index in [2.05, 4.69) is 69.9 Å². The van der Waals surface area contributed by atoms with Gasteiger partial charge in [-0.15, -0.1) is 0 Å². The van der Waals surface area contributed by atoms with Crippen LogP contribution in [0.1, 0.15) is 5.56 Å². The molecule has 2 aromatic carbocycles. The Bertz CT molecular complexity index is 507. The monoisotopic (exact) mass is 284 g/mol. The molecule has 0 spiro atoms. The minimum Gasteiger partial charge on any atom is -0.369 e. The first-order chi connectivity index (χ1) is 9.92. The largest absolute Gasteiger partial charge is 0.369 e. The molecule has 0 N–H and O–H groups in total. The van der Waals surface area contributed by atoms with Crippen molar-refractivity contribution in [1.29, 1.82) is 0 Å². The summed E-state index contributed by atoms with van der Waals surface area (Å²) in [6.45, 7) is 4.50. The lowest BCUT2D eigenvalue weighted by atomic mass is 10.2. The molecular weight excluding hydrogens is 264 g/mol. The predicted octanol–water partition coefficient (Wildman–Crippen LogP) is 3.66. The Hall–Kier alpha value is -1.45. The predicted molar refractivity (Wildman–Crippen MR) is 88.0 cm³/mol. The van der Waals surface area contributed by atoms with Gasteiger partial charge >= 0.3 is 0 Å². The van der Waals surface area contributed by atoms with Crippen molar-refractivity contribution in [2.45, 2.75) is 5.75 Å². The second-order valence-corrected chi connectivity index (χ2v) is 6.07. The molecule has 1 aliphatic heterocycles. The first-order valence-corrected chi connectivity index (χ1v) is 8.08. The van der Waals surface area contributed by atoms with Crippen LogP contribution in [0.4, 0.5) is 5.69 Å². The molecule has 0 atom stereocenters. The Labute approximate surface area is 125 Å². The Kier molecular flexibility index (Phi) is 4.61. The molecule has 2 aromatic rings. The number of piperazine rings is 1. The lowest BCUT2D eigenvalue weighted by molar-refractivity contribution is 0.429. The van der Waals surface area contributed by atoms with Crippen LogP contribution < -0.4 is 4.90 Å². The molecule has 2 nitrogen and oxygen atoms in total. The molecule has 1 saturated heterocycles. The molecule has 0 unspecified atom stereocenters. The van der Waals surface area contributed by atoms with Crippen LogP contribution in [0.2, 0.25) is 0 Å². The zero-order chi connectivity index (χ0) is 13.6. The van der Waals surface area contributed by atoms with Gasteiger partial charge < -0.3 is 4.90 Å². The van der Waals surface area contributed by atoms with Crippen molar-refractivity contribution >= 4 is 17.6 Å². The van der Waals surface area contributed by atoms with Crippen molar-refractivity contribution in [2.24, 2.45) is 0 Å². The van der Waals surface area contributed by atoms with E-state index in [0.717, 1.165) is 31.9 Å². The van der Waals surface area contributed by atoms with E-state index in [9.17, 15) is 0 Å². The number of anilines is 1. The molecule has 0 radical (unpaired) electrons. The van der Waals surface area contributed by atoms with Gasteiger partial charge in [0.05, 0.1) is 0 Å². The highest BCUT2D eigenvalue weighted by molar-refractivity contribution is 7.96. The summed E-state index contributed by atoms with van der Waals surface area (Å²) >= 11 is 1.95. The molecule has 20 heavy (non-hydrogen) atoms. The average Bonchev–Trinajstić information content (AvgIpc) is 2.55. The standard InChI is InChI=1S/C17H20N2S/c1-3-7-16(8-4-1)15-20-19-13-11-18(12-14-19)17-9-5-2-6-10-17/h1-10H,11-15H2. The average molecular weight is 284 g/mol. The third-order valence-electron chi connectivity index (χ3n) is 3.62. The third kappa shape index (κ3) is 3.56. The number of benzene rings is 2. The molecule has 3 rings (SSSR count). The minimum absolute atomic E-state index is 1.08. The lowest BCUT2D eigenvalue weighted by Gasteiger charge is -2.35. The van der Waals surface area contributed by atoms with Gasteiger partial charge in [0.1, 0.15) is 0 Å². The van der Waals surface area contributed by atoms with E-state index in [4.69, 9.17) is 0 Å². The van der Waals surface area contributed by atoms with E-state index < -0.39 is 0 Å². The third-order valence-corrected chi connectivity index (χ3v) is 4.81. The maximum absolute atomic E-state index is 2.49. The van der Waals surface area contributed by atoms with Crippen LogP contribution in [-0.4, -0.2) is 30.5 Å². The van der Waals surface area contributed by atoms with E-state index in [1.165, 1.54) is 11.3 Å². The molecule has 3 heteroatoms. The lowest BCUT2D eigenvalue weighted by Crippen LogP contribution is -2.43. The maximum Gasteiger partial charge on any atom is 0.0367 e. The van der Waals surface area contributed by atoms with Crippen LogP contribution >= 0.6 is 11.9 Å². The SMILES string of the molecule is c1ccc(CSN2CCN(c3ccccc3)CC2)cc1. The van der Waals surface area contributed by atoms with Crippen LogP contribution in [-0.2, 0) is 5.75 Å². The fourth-order valence-corrected chi connectivity index (χ4v) is 3.40. The number of hydrogen-bond acceptors (Lipinski definition) is 3. The highest BCUT2D eigenvalue weighted by Crippen LogP contribution is 2.21. The first kappa shape index (κ1) is 13.5. The number of rotatable bonds is 4. The second kappa shape index (κ2) is 6.82. The Morgan fingerprint density at radius 3 is 2.00 bits per heavy atom. The molecule has 1 aliphatic rings. The normalized spacial score (nSPS) is 16.3. The fourth-order valence-electron chi connectivity index (χ4n) is 2.45. The van der Waals surface area contributed by atoms with E-state index in [0.29, 0.717) is 0 Å². The molecule has 0 amide bonds. The van der Waals surface area contributed by atoms with Gasteiger partial charge in [-0.25, -0.2) is 4.31 Å². The van der Waals surface area contributed by atoms with Crippen molar-refractivity contribution in [3.63, 3.8) is 0 Å². The van der Waals surface area contributed by atoms with Crippen molar-refractivity contribution in [2.75, 3.05) is 31.1 Å². The van der Waals surface area contributed by atoms with Crippen molar-refractivity contribution in [3.05, 3.63) is 66.2 Å². The summed E-state index contributed by atoms with van der Waals surface area (Å²) in [6.07, 6.45) is 0. The van der Waals surface area contributed by atoms with Crippen molar-refractivity contribution in [1.82, 2.24) is 4.31 Å². The zero-order valence-electron chi connectivity index (χ0n) is 11.6. The molecule has 104 valence electrons. The van der Waals surface area contributed by atoms with Gasteiger partial charge in [0, 0.05) is 37.6 Å². The summed E-state index contributed by atoms with van der Waals surface area (Å²) in [6, 6.07) is 21.4. The van der Waals surface area contributed by atoms with E-state index in [1.807, 2.05) is 11.9 Å². The highest BCUT2D eigenvalue weighted by atomic mass is 32.2. The summed E-state index contributed by atoms with van der Waals surface area (Å²) in [5.74, 6) is 1.08. The van der Waals surface area contributed by atoms with Gasteiger partial charge in [0.15, 0.2) is 0 Å². The van der Waals surface area contributed by atoms with Gasteiger partial charge in [-0.1, -0.05) is 60.5 Å². The molecule has 0 aromatic heterocycles. The Balaban J connectivity index is 1.47. The quantitative estimate of drug-likeness (QED) is 0.791. The van der Waals surface area contributed by atoms with Gasteiger partial charge in [0.2, 0.25) is 0 Å². The molecule has 0 saturated carbocycles. The number of hydrogen-bond donors (Lipinski definition) is 0. The smallest absolute Gasteiger partial charge is 0.0367 e. The Morgan fingerprint density at radius 1 is 0.750 bits per heavy atom. The summed E-state index contributed by atoms with van der Waals surface area (Å²) < 4.78 is 2.49. The van der Waals surface area contributed by atoms with Crippen LogP contribution in [0.5, 0.6) is 0 Å². The highest BCUT2D eigenvalue weighted by Gasteiger charge is 2.17. The summed E-state index contributed by atoms with van der Waals surface area (Å²) in [4.78, 5) is 2.47. The molecule has 1 heterocycles. The summed E-state index contributed by atoms with van der Waals surface area (Å²) in [5, 5.41) is 0. The van der Waals surface area contributed by atoms with Gasteiger partial charge in [-0.05, 0) is 17.7 Å². The molecule has 1 fully saturated rings. The number of nitrogens with zero attached hydrogens (tertiary/aromatic N) is 2. The van der Waals surface area contributed by atoms with Crippen molar-refractivity contribution in [3.8, 4) is 0 Å². The second-order valence-electron chi connectivity index (χ2n) is 5.01. The van der Waals surface area contributed by atoms with Crippen LogP contribution in [0.15, 0.2) is 60.7 Å². The van der Waals surface area contributed by atoms with Crippen LogP contribution in [0, 0.1) is 0 Å². The number of para-hydroxylation sites is 1. The van der Waals surface area contributed by atoms with Gasteiger partial charge in [-0.2, -0.15) is 0 Å². The molecule has 0 bridgehead atoms. The molecule has 0 aliphatic carbocycles. The Morgan fingerprint density at radius 2 is 1.35 bits per heavy atom. The van der Waals surface area contributed by atoms with Gasteiger partial charge in [-0.3, -0.25) is 0 Å². The first-order valence-electron chi connectivity index (χ1n) is 7.13. The fraction of sp³-hybridized carbons (Fsp3) is 0.294. The summed E-state index contributed by atoms with van der Waals surface area (Å²) in [7, 11) is 0. The van der Waals surface area contributed by atoms with Crippen molar-refractivity contribution < 1.29 is 0 Å². The topological polar surface area (TPSA) is 6.48 Å².